The van der Waals surface area contributed by atoms with E-state index in [4.69, 9.17) is 19.8 Å². The number of rotatable bonds is 8. The molecule has 3 heterocycles. The Bertz CT molecular complexity index is 965. The van der Waals surface area contributed by atoms with E-state index in [1.54, 1.807) is 0 Å². The van der Waals surface area contributed by atoms with Gasteiger partial charge in [0.1, 0.15) is 11.0 Å². The molecular weight excluding hydrogens is 378 g/mol. The first-order valence-electron chi connectivity index (χ1n) is 10.8. The summed E-state index contributed by atoms with van der Waals surface area (Å²) in [5, 5.41) is 8.36. The smallest absolute Gasteiger partial charge is 0.228 e. The van der Waals surface area contributed by atoms with Crippen molar-refractivity contribution in [3.05, 3.63) is 36.0 Å². The molecule has 0 atom stereocenters. The fourth-order valence-electron chi connectivity index (χ4n) is 3.72. The number of hydrogen-bond acceptors (Lipinski definition) is 7. The Morgan fingerprint density at radius 2 is 1.80 bits per heavy atom. The molecule has 0 bridgehead atoms. The summed E-state index contributed by atoms with van der Waals surface area (Å²) < 4.78 is 7.57. The molecule has 4 rings (SSSR count). The molecule has 8 nitrogen and oxygen atoms in total. The van der Waals surface area contributed by atoms with Crippen LogP contribution in [-0.2, 0) is 17.7 Å². The summed E-state index contributed by atoms with van der Waals surface area (Å²) in [6.45, 7) is 9.97. The molecule has 0 spiro atoms. The lowest BCUT2D eigenvalue weighted by molar-refractivity contribution is 0.137. The number of aromatic nitrogens is 4. The van der Waals surface area contributed by atoms with Gasteiger partial charge in [-0.1, -0.05) is 25.1 Å². The zero-order chi connectivity index (χ0) is 20.9. The van der Waals surface area contributed by atoms with Crippen molar-refractivity contribution in [2.45, 2.75) is 26.8 Å². The second-order valence-corrected chi connectivity index (χ2v) is 7.57. The van der Waals surface area contributed by atoms with Gasteiger partial charge in [0.2, 0.25) is 5.95 Å². The van der Waals surface area contributed by atoms with E-state index in [0.29, 0.717) is 19.8 Å². The highest BCUT2D eigenvalue weighted by molar-refractivity contribution is 5.90. The Hall–Kier alpha value is -2.71. The van der Waals surface area contributed by atoms with Crippen LogP contribution in [0.25, 0.3) is 11.0 Å². The van der Waals surface area contributed by atoms with Crippen LogP contribution >= 0.6 is 0 Å². The van der Waals surface area contributed by atoms with Crippen molar-refractivity contribution in [1.29, 1.82) is 0 Å². The van der Waals surface area contributed by atoms with Gasteiger partial charge in [0, 0.05) is 38.5 Å². The molecular formula is C22H31N7O. The Balaban J connectivity index is 1.79. The largest absolute Gasteiger partial charge is 0.380 e. The van der Waals surface area contributed by atoms with Crippen molar-refractivity contribution in [3.63, 3.8) is 0 Å². The number of para-hydroxylation sites is 1. The molecule has 0 saturated carbocycles. The van der Waals surface area contributed by atoms with Crippen LogP contribution in [0.2, 0.25) is 0 Å². The van der Waals surface area contributed by atoms with Crippen LogP contribution in [0.5, 0.6) is 0 Å². The van der Waals surface area contributed by atoms with Crippen molar-refractivity contribution >= 4 is 28.5 Å². The predicted molar refractivity (Wildman–Crippen MR) is 121 cm³/mol. The molecule has 2 aromatic heterocycles. The zero-order valence-electron chi connectivity index (χ0n) is 18.1. The van der Waals surface area contributed by atoms with E-state index in [0.717, 1.165) is 66.8 Å². The van der Waals surface area contributed by atoms with E-state index in [9.17, 15) is 0 Å². The highest BCUT2D eigenvalue weighted by Crippen LogP contribution is 2.29. The third-order valence-corrected chi connectivity index (χ3v) is 5.45. The molecule has 1 aliphatic rings. The summed E-state index contributed by atoms with van der Waals surface area (Å²) in [5.41, 5.74) is 3.86. The third-order valence-electron chi connectivity index (χ3n) is 5.45. The summed E-state index contributed by atoms with van der Waals surface area (Å²) in [7, 11) is 2.15. The molecule has 1 fully saturated rings. The van der Waals surface area contributed by atoms with Gasteiger partial charge in [-0.15, -0.1) is 0 Å². The summed E-state index contributed by atoms with van der Waals surface area (Å²) in [4.78, 5) is 14.5. The summed E-state index contributed by atoms with van der Waals surface area (Å²) in [6, 6.07) is 10.1. The fraction of sp³-hybridized carbons (Fsp3) is 0.500. The number of piperazine rings is 1. The van der Waals surface area contributed by atoms with Gasteiger partial charge in [0.25, 0.3) is 0 Å². The molecule has 30 heavy (non-hydrogen) atoms. The molecule has 1 aromatic carbocycles. The average Bonchev–Trinajstić information content (AvgIpc) is 3.13. The van der Waals surface area contributed by atoms with Gasteiger partial charge < -0.3 is 19.9 Å². The SMILES string of the molecule is CCOCCn1nc(CC)c2nc(N3CCN(C)CC3)nc(Nc3ccccc3)c21. The van der Waals surface area contributed by atoms with Crippen LogP contribution in [0.15, 0.2) is 30.3 Å². The van der Waals surface area contributed by atoms with Crippen LogP contribution in [-0.4, -0.2) is 71.1 Å². The van der Waals surface area contributed by atoms with Gasteiger partial charge in [-0.3, -0.25) is 4.68 Å². The van der Waals surface area contributed by atoms with Gasteiger partial charge in [-0.25, -0.2) is 4.98 Å². The third kappa shape index (κ3) is 4.39. The molecule has 3 aromatic rings. The lowest BCUT2D eigenvalue weighted by Gasteiger charge is -2.32. The Morgan fingerprint density at radius 3 is 2.50 bits per heavy atom. The van der Waals surface area contributed by atoms with Crippen LogP contribution in [0.4, 0.5) is 17.5 Å². The summed E-state index contributed by atoms with van der Waals surface area (Å²) in [6.07, 6.45) is 0.822. The van der Waals surface area contributed by atoms with Crippen molar-refractivity contribution < 1.29 is 4.74 Å². The topological polar surface area (TPSA) is 71.3 Å². The number of aryl methyl sites for hydroxylation is 1. The normalized spacial score (nSPS) is 15.1. The van der Waals surface area contributed by atoms with E-state index < -0.39 is 0 Å². The maximum atomic E-state index is 5.58. The van der Waals surface area contributed by atoms with Crippen LogP contribution in [0.1, 0.15) is 19.5 Å². The monoisotopic (exact) mass is 409 g/mol. The van der Waals surface area contributed by atoms with E-state index in [1.165, 1.54) is 0 Å². The Kier molecular flexibility index (Phi) is 6.44. The summed E-state index contributed by atoms with van der Waals surface area (Å²) in [5.74, 6) is 1.57. The molecule has 1 aliphatic heterocycles. The first kappa shape index (κ1) is 20.6. The maximum Gasteiger partial charge on any atom is 0.228 e. The van der Waals surface area contributed by atoms with Crippen LogP contribution < -0.4 is 10.2 Å². The number of benzene rings is 1. The summed E-state index contributed by atoms with van der Waals surface area (Å²) >= 11 is 0. The highest BCUT2D eigenvalue weighted by Gasteiger charge is 2.22. The van der Waals surface area contributed by atoms with Crippen molar-refractivity contribution in [3.8, 4) is 0 Å². The molecule has 0 amide bonds. The lowest BCUT2D eigenvalue weighted by Crippen LogP contribution is -2.45. The standard InChI is InChI=1S/C22H31N7O/c1-4-18-19-20(29(26-18)15-16-30-5-2)21(23-17-9-7-6-8-10-17)25-22(24-19)28-13-11-27(3)12-14-28/h6-10H,4-5,11-16H2,1-3H3,(H,23,24,25). The molecule has 0 unspecified atom stereocenters. The van der Waals surface area contributed by atoms with Crippen LogP contribution in [0, 0.1) is 0 Å². The molecule has 160 valence electrons. The van der Waals surface area contributed by atoms with Crippen molar-refractivity contribution in [2.24, 2.45) is 0 Å². The number of nitrogens with one attached hydrogen (secondary N) is 1. The quantitative estimate of drug-likeness (QED) is 0.574. The predicted octanol–water partition coefficient (Wildman–Crippen LogP) is 2.92. The first-order valence-corrected chi connectivity index (χ1v) is 10.8. The fourth-order valence-corrected chi connectivity index (χ4v) is 3.72. The number of ether oxygens (including phenoxy) is 1. The first-order chi connectivity index (χ1) is 14.7. The Labute approximate surface area is 177 Å². The lowest BCUT2D eigenvalue weighted by atomic mass is 10.2. The zero-order valence-corrected chi connectivity index (χ0v) is 18.1. The van der Waals surface area contributed by atoms with Crippen molar-refractivity contribution in [1.82, 2.24) is 24.6 Å². The highest BCUT2D eigenvalue weighted by atomic mass is 16.5. The van der Waals surface area contributed by atoms with Gasteiger partial charge in [0.05, 0.1) is 18.8 Å². The number of nitrogens with zero attached hydrogens (tertiary/aromatic N) is 6. The van der Waals surface area contributed by atoms with E-state index in [1.807, 2.05) is 41.9 Å². The molecule has 0 radical (unpaired) electrons. The van der Waals surface area contributed by atoms with Gasteiger partial charge >= 0.3 is 0 Å². The minimum Gasteiger partial charge on any atom is -0.380 e. The number of hydrogen-bond donors (Lipinski definition) is 1. The molecule has 8 heteroatoms. The second kappa shape index (κ2) is 9.40. The second-order valence-electron chi connectivity index (χ2n) is 7.57. The number of likely N-dealkylation sites (N-methyl/N-ethyl adjacent to an activating group) is 1. The molecule has 0 aliphatic carbocycles. The number of fused-ring (bicyclic) bond motifs is 1. The molecule has 1 N–H and O–H groups in total. The van der Waals surface area contributed by atoms with Crippen LogP contribution in [0.3, 0.4) is 0 Å². The van der Waals surface area contributed by atoms with E-state index in [2.05, 4.69) is 29.1 Å². The number of anilines is 3. The minimum absolute atomic E-state index is 0.613. The van der Waals surface area contributed by atoms with Gasteiger partial charge in [0.15, 0.2) is 5.82 Å². The Morgan fingerprint density at radius 1 is 1.03 bits per heavy atom. The average molecular weight is 410 g/mol. The minimum atomic E-state index is 0.613. The maximum absolute atomic E-state index is 5.58. The van der Waals surface area contributed by atoms with Crippen molar-refractivity contribution in [2.75, 3.05) is 56.7 Å². The molecule has 1 saturated heterocycles. The van der Waals surface area contributed by atoms with E-state index in [-0.39, 0.29) is 0 Å². The van der Waals surface area contributed by atoms with Gasteiger partial charge in [-0.2, -0.15) is 10.1 Å². The van der Waals surface area contributed by atoms with Gasteiger partial charge in [-0.05, 0) is 32.5 Å². The van der Waals surface area contributed by atoms with E-state index >= 15 is 0 Å².